The number of oxime groups is 1. The Labute approximate surface area is 68.3 Å². The van der Waals surface area contributed by atoms with Crippen LogP contribution in [0.1, 0.15) is 40.0 Å². The smallest absolute Gasteiger partial charge is 0.0632 e. The van der Waals surface area contributed by atoms with Crippen molar-refractivity contribution in [2.75, 3.05) is 0 Å². The third-order valence-electron chi connectivity index (χ3n) is 2.42. The van der Waals surface area contributed by atoms with E-state index in [-0.39, 0.29) is 5.41 Å². The van der Waals surface area contributed by atoms with Crippen LogP contribution in [0.25, 0.3) is 0 Å². The highest BCUT2D eigenvalue weighted by atomic mass is 16.4. The maximum atomic E-state index is 8.74. The van der Waals surface area contributed by atoms with Crippen molar-refractivity contribution in [1.29, 1.82) is 0 Å². The summed E-state index contributed by atoms with van der Waals surface area (Å²) in [6.07, 6.45) is 3.32. The zero-order valence-electron chi connectivity index (χ0n) is 7.59. The first-order valence-corrected chi connectivity index (χ1v) is 4.30. The van der Waals surface area contributed by atoms with Crippen LogP contribution in [-0.2, 0) is 0 Å². The first kappa shape index (κ1) is 8.57. The summed E-state index contributed by atoms with van der Waals surface area (Å²) >= 11 is 0. The molecule has 1 rings (SSSR count). The normalized spacial score (nSPS) is 22.4. The first-order chi connectivity index (χ1) is 5.08. The zero-order chi connectivity index (χ0) is 8.48. The molecule has 1 fully saturated rings. The molecule has 1 aliphatic carbocycles. The summed E-state index contributed by atoms with van der Waals surface area (Å²) in [5.41, 5.74) is 1.24. The molecule has 1 N–H and O–H groups in total. The van der Waals surface area contributed by atoms with Gasteiger partial charge in [-0.1, -0.05) is 25.9 Å². The van der Waals surface area contributed by atoms with Crippen molar-refractivity contribution in [1.82, 2.24) is 0 Å². The summed E-state index contributed by atoms with van der Waals surface area (Å²) < 4.78 is 0. The van der Waals surface area contributed by atoms with E-state index in [0.29, 0.717) is 5.92 Å². The number of nitrogens with zero attached hydrogens (tertiary/aromatic N) is 1. The average molecular weight is 155 g/mol. The Morgan fingerprint density at radius 3 is 2.36 bits per heavy atom. The van der Waals surface area contributed by atoms with Gasteiger partial charge in [-0.15, -0.1) is 0 Å². The lowest BCUT2D eigenvalue weighted by molar-refractivity contribution is 0.311. The second-order valence-corrected chi connectivity index (χ2v) is 4.21. The fourth-order valence-electron chi connectivity index (χ4n) is 1.27. The Morgan fingerprint density at radius 1 is 1.55 bits per heavy atom. The van der Waals surface area contributed by atoms with Crippen LogP contribution in [-0.4, -0.2) is 10.9 Å². The Hall–Kier alpha value is -0.530. The quantitative estimate of drug-likeness (QED) is 0.379. The molecular formula is C9H17NO. The number of rotatable bonds is 3. The molecule has 0 aromatic rings. The predicted octanol–water partition coefficient (Wildman–Crippen LogP) is 2.66. The van der Waals surface area contributed by atoms with Crippen molar-refractivity contribution in [2.24, 2.45) is 16.5 Å². The number of hydrogen-bond acceptors (Lipinski definition) is 2. The second-order valence-electron chi connectivity index (χ2n) is 4.21. The minimum atomic E-state index is 0.249. The van der Waals surface area contributed by atoms with Gasteiger partial charge >= 0.3 is 0 Å². The van der Waals surface area contributed by atoms with Gasteiger partial charge in [0, 0.05) is 5.41 Å². The van der Waals surface area contributed by atoms with Crippen LogP contribution in [0, 0.1) is 11.3 Å². The van der Waals surface area contributed by atoms with E-state index in [1.807, 2.05) is 0 Å². The van der Waals surface area contributed by atoms with Crippen molar-refractivity contribution >= 4 is 5.71 Å². The van der Waals surface area contributed by atoms with E-state index in [2.05, 4.69) is 25.9 Å². The second kappa shape index (κ2) is 2.84. The Morgan fingerprint density at radius 2 is 2.09 bits per heavy atom. The Bertz CT molecular complexity index is 168. The summed E-state index contributed by atoms with van der Waals surface area (Å²) in [7, 11) is 0. The fourth-order valence-corrected chi connectivity index (χ4v) is 1.27. The van der Waals surface area contributed by atoms with Gasteiger partial charge in [0.15, 0.2) is 0 Å². The van der Waals surface area contributed by atoms with E-state index in [4.69, 9.17) is 5.21 Å². The molecule has 0 amide bonds. The molecule has 1 saturated carbocycles. The topological polar surface area (TPSA) is 32.6 Å². The highest BCUT2D eigenvalue weighted by molar-refractivity contribution is 5.91. The summed E-state index contributed by atoms with van der Waals surface area (Å²) in [6.45, 7) is 6.47. The third kappa shape index (κ3) is 1.95. The predicted molar refractivity (Wildman–Crippen MR) is 46.0 cm³/mol. The van der Waals surface area contributed by atoms with Gasteiger partial charge in [-0.25, -0.2) is 0 Å². The van der Waals surface area contributed by atoms with Crippen LogP contribution in [0.5, 0.6) is 0 Å². The van der Waals surface area contributed by atoms with Crippen LogP contribution in [0.2, 0.25) is 0 Å². The van der Waals surface area contributed by atoms with Gasteiger partial charge in [-0.2, -0.15) is 0 Å². The van der Waals surface area contributed by atoms with E-state index >= 15 is 0 Å². The summed E-state index contributed by atoms with van der Waals surface area (Å²) in [6, 6.07) is 0. The molecule has 0 aromatic heterocycles. The van der Waals surface area contributed by atoms with Gasteiger partial charge in [-0.3, -0.25) is 0 Å². The van der Waals surface area contributed by atoms with E-state index in [1.165, 1.54) is 12.8 Å². The molecule has 0 radical (unpaired) electrons. The molecule has 64 valence electrons. The SMILES string of the molecule is CC(C)C/C(=N/O)C1(C)CC1. The highest BCUT2D eigenvalue weighted by Crippen LogP contribution is 2.47. The monoisotopic (exact) mass is 155 g/mol. The zero-order valence-corrected chi connectivity index (χ0v) is 7.59. The minimum absolute atomic E-state index is 0.249. The van der Waals surface area contributed by atoms with Gasteiger partial charge in [0.25, 0.3) is 0 Å². The summed E-state index contributed by atoms with van der Waals surface area (Å²) in [4.78, 5) is 0. The van der Waals surface area contributed by atoms with Gasteiger partial charge in [0.2, 0.25) is 0 Å². The van der Waals surface area contributed by atoms with E-state index in [0.717, 1.165) is 12.1 Å². The molecule has 0 aromatic carbocycles. The third-order valence-corrected chi connectivity index (χ3v) is 2.42. The van der Waals surface area contributed by atoms with Gasteiger partial charge in [-0.05, 0) is 25.2 Å². The van der Waals surface area contributed by atoms with Crippen molar-refractivity contribution in [2.45, 2.75) is 40.0 Å². The van der Waals surface area contributed by atoms with Crippen LogP contribution < -0.4 is 0 Å². The van der Waals surface area contributed by atoms with Crippen LogP contribution in [0.4, 0.5) is 0 Å². The molecule has 0 saturated heterocycles. The molecule has 2 heteroatoms. The molecule has 0 spiro atoms. The van der Waals surface area contributed by atoms with Crippen LogP contribution in [0.3, 0.4) is 0 Å². The molecule has 0 heterocycles. The van der Waals surface area contributed by atoms with Crippen LogP contribution >= 0.6 is 0 Å². The lowest BCUT2D eigenvalue weighted by Crippen LogP contribution is -2.14. The number of hydrogen-bond donors (Lipinski definition) is 1. The molecule has 11 heavy (non-hydrogen) atoms. The van der Waals surface area contributed by atoms with Crippen molar-refractivity contribution in [3.05, 3.63) is 0 Å². The van der Waals surface area contributed by atoms with Gasteiger partial charge in [0.1, 0.15) is 0 Å². The molecule has 2 nitrogen and oxygen atoms in total. The lowest BCUT2D eigenvalue weighted by Gasteiger charge is -2.12. The Balaban J connectivity index is 2.51. The molecule has 1 aliphatic rings. The molecule has 0 atom stereocenters. The van der Waals surface area contributed by atoms with Crippen molar-refractivity contribution < 1.29 is 5.21 Å². The lowest BCUT2D eigenvalue weighted by atomic mass is 9.95. The summed E-state index contributed by atoms with van der Waals surface area (Å²) in [5.74, 6) is 0.596. The Kier molecular flexibility index (Phi) is 2.21. The standard InChI is InChI=1S/C9H17NO/c1-7(2)6-8(10-11)9(3)4-5-9/h7,11H,4-6H2,1-3H3/b10-8-. The molecule has 0 unspecified atom stereocenters. The van der Waals surface area contributed by atoms with Crippen molar-refractivity contribution in [3.63, 3.8) is 0 Å². The van der Waals surface area contributed by atoms with Crippen LogP contribution in [0.15, 0.2) is 5.16 Å². The van der Waals surface area contributed by atoms with Gasteiger partial charge < -0.3 is 5.21 Å². The fraction of sp³-hybridized carbons (Fsp3) is 0.889. The first-order valence-electron chi connectivity index (χ1n) is 4.30. The average Bonchev–Trinajstić information content (AvgIpc) is 2.63. The molecule has 0 bridgehead atoms. The van der Waals surface area contributed by atoms with Gasteiger partial charge in [0.05, 0.1) is 5.71 Å². The highest BCUT2D eigenvalue weighted by Gasteiger charge is 2.42. The molecule has 0 aliphatic heterocycles. The summed E-state index contributed by atoms with van der Waals surface area (Å²) in [5, 5.41) is 12.1. The molecular weight excluding hydrogens is 138 g/mol. The maximum absolute atomic E-state index is 8.74. The van der Waals surface area contributed by atoms with Crippen molar-refractivity contribution in [3.8, 4) is 0 Å². The van der Waals surface area contributed by atoms with E-state index < -0.39 is 0 Å². The maximum Gasteiger partial charge on any atom is 0.0632 e. The minimum Gasteiger partial charge on any atom is -0.411 e. The van der Waals surface area contributed by atoms with E-state index in [9.17, 15) is 0 Å². The largest absolute Gasteiger partial charge is 0.411 e. The van der Waals surface area contributed by atoms with E-state index in [1.54, 1.807) is 0 Å².